The molecular weight excluding hydrogens is 388 g/mol. The first-order valence-electron chi connectivity index (χ1n) is 8.34. The van der Waals surface area contributed by atoms with Gasteiger partial charge in [0.15, 0.2) is 16.6 Å². The summed E-state index contributed by atoms with van der Waals surface area (Å²) in [5.74, 6) is -1.63. The number of halogens is 2. The number of aliphatic hydroxyl groups is 1. The molecule has 0 aliphatic heterocycles. The fourth-order valence-corrected chi connectivity index (χ4v) is 4.04. The number of aliphatic hydroxyl groups excluding tert-OH is 1. The van der Waals surface area contributed by atoms with Crippen LogP contribution in [0.2, 0.25) is 0 Å². The van der Waals surface area contributed by atoms with Gasteiger partial charge in [0, 0.05) is 17.8 Å². The zero-order chi connectivity index (χ0) is 20.3. The van der Waals surface area contributed by atoms with Gasteiger partial charge in [-0.1, -0.05) is 18.2 Å². The van der Waals surface area contributed by atoms with E-state index < -0.39 is 27.6 Å². The zero-order valence-electron chi connectivity index (χ0n) is 14.8. The molecule has 0 spiro atoms. The summed E-state index contributed by atoms with van der Waals surface area (Å²) in [6.45, 7) is 1.44. The Morgan fingerprint density at radius 1 is 1.11 bits per heavy atom. The van der Waals surface area contributed by atoms with Crippen LogP contribution in [0.1, 0.15) is 24.2 Å². The van der Waals surface area contributed by atoms with Crippen LogP contribution in [0.15, 0.2) is 70.7 Å². The lowest BCUT2D eigenvalue weighted by Crippen LogP contribution is -2.10. The van der Waals surface area contributed by atoms with Gasteiger partial charge in [0.2, 0.25) is 9.84 Å². The average molecular weight is 405 g/mol. The molecule has 0 saturated heterocycles. The Hall–Kier alpha value is -2.84. The Morgan fingerprint density at radius 2 is 1.82 bits per heavy atom. The van der Waals surface area contributed by atoms with Crippen molar-refractivity contribution in [1.82, 2.24) is 4.98 Å². The molecule has 0 aliphatic carbocycles. The van der Waals surface area contributed by atoms with Gasteiger partial charge in [-0.2, -0.15) is 0 Å². The normalized spacial score (nSPS) is 12.6. The van der Waals surface area contributed by atoms with Crippen LogP contribution in [0.4, 0.5) is 8.78 Å². The summed E-state index contributed by atoms with van der Waals surface area (Å²) in [5.41, 5.74) is 0.807. The Balaban J connectivity index is 1.80. The van der Waals surface area contributed by atoms with Gasteiger partial charge in [0.1, 0.15) is 12.4 Å². The number of rotatable bonds is 6. The van der Waals surface area contributed by atoms with Crippen LogP contribution in [-0.4, -0.2) is 18.5 Å². The van der Waals surface area contributed by atoms with Crippen LogP contribution >= 0.6 is 0 Å². The van der Waals surface area contributed by atoms with Gasteiger partial charge in [-0.3, -0.25) is 0 Å². The molecular formula is C20H17F2NO4S. The SMILES string of the molecule is CC(O)c1cccnc1S(=O)(=O)c1ccc(COc2ccc(F)cc2F)cc1. The van der Waals surface area contributed by atoms with E-state index in [1.807, 2.05) is 0 Å². The first-order chi connectivity index (χ1) is 13.3. The summed E-state index contributed by atoms with van der Waals surface area (Å²) in [5, 5.41) is 9.60. The summed E-state index contributed by atoms with van der Waals surface area (Å²) in [6, 6.07) is 11.9. The van der Waals surface area contributed by atoms with Crippen LogP contribution in [0, 0.1) is 11.6 Å². The molecule has 1 N–H and O–H groups in total. The van der Waals surface area contributed by atoms with Crippen LogP contribution in [0.5, 0.6) is 5.75 Å². The van der Waals surface area contributed by atoms with Gasteiger partial charge >= 0.3 is 0 Å². The molecule has 0 bridgehead atoms. The summed E-state index contributed by atoms with van der Waals surface area (Å²) in [4.78, 5) is 3.92. The predicted molar refractivity (Wildman–Crippen MR) is 97.5 cm³/mol. The molecule has 1 atom stereocenters. The first kappa shape index (κ1) is 19.9. The maximum atomic E-state index is 13.6. The second kappa shape index (κ2) is 8.04. The van der Waals surface area contributed by atoms with Crippen molar-refractivity contribution in [1.29, 1.82) is 0 Å². The molecule has 3 aromatic rings. The number of pyridine rings is 1. The zero-order valence-corrected chi connectivity index (χ0v) is 15.7. The number of ether oxygens (including phenoxy) is 1. The largest absolute Gasteiger partial charge is 0.486 e. The van der Waals surface area contributed by atoms with Crippen molar-refractivity contribution in [3.8, 4) is 5.75 Å². The van der Waals surface area contributed by atoms with E-state index in [2.05, 4.69) is 4.98 Å². The number of nitrogens with zero attached hydrogens (tertiary/aromatic N) is 1. The van der Waals surface area contributed by atoms with Gasteiger partial charge in [0.25, 0.3) is 0 Å². The van der Waals surface area contributed by atoms with Crippen molar-refractivity contribution >= 4 is 9.84 Å². The molecule has 28 heavy (non-hydrogen) atoms. The number of hydrogen-bond donors (Lipinski definition) is 1. The summed E-state index contributed by atoms with van der Waals surface area (Å²) < 4.78 is 57.5. The molecule has 146 valence electrons. The van der Waals surface area contributed by atoms with E-state index in [9.17, 15) is 22.3 Å². The molecule has 0 saturated carbocycles. The quantitative estimate of drug-likeness (QED) is 0.675. The Bertz CT molecular complexity index is 1080. The molecule has 1 heterocycles. The van der Waals surface area contributed by atoms with Crippen molar-refractivity contribution in [3.05, 3.63) is 83.6 Å². The number of hydrogen-bond acceptors (Lipinski definition) is 5. The minimum absolute atomic E-state index is 0.00446. The van der Waals surface area contributed by atoms with Gasteiger partial charge in [-0.15, -0.1) is 0 Å². The second-order valence-electron chi connectivity index (χ2n) is 6.08. The molecule has 0 amide bonds. The minimum atomic E-state index is -3.92. The molecule has 2 aromatic carbocycles. The van der Waals surface area contributed by atoms with Gasteiger partial charge < -0.3 is 9.84 Å². The minimum Gasteiger partial charge on any atom is -0.486 e. The van der Waals surface area contributed by atoms with Crippen molar-refractivity contribution in [2.45, 2.75) is 29.6 Å². The van der Waals surface area contributed by atoms with Crippen molar-refractivity contribution in [3.63, 3.8) is 0 Å². The maximum Gasteiger partial charge on any atom is 0.224 e. The first-order valence-corrected chi connectivity index (χ1v) is 9.82. The summed E-state index contributed by atoms with van der Waals surface area (Å²) >= 11 is 0. The molecule has 1 aromatic heterocycles. The van der Waals surface area contributed by atoms with Gasteiger partial charge in [0.05, 0.1) is 11.0 Å². The van der Waals surface area contributed by atoms with Crippen LogP contribution in [-0.2, 0) is 16.4 Å². The van der Waals surface area contributed by atoms with E-state index in [1.54, 1.807) is 6.07 Å². The van der Waals surface area contributed by atoms with Gasteiger partial charge in [-0.05, 0) is 42.8 Å². The third-order valence-corrected chi connectivity index (χ3v) is 5.77. The highest BCUT2D eigenvalue weighted by Crippen LogP contribution is 2.26. The smallest absolute Gasteiger partial charge is 0.224 e. The Labute approximate surface area is 161 Å². The third-order valence-electron chi connectivity index (χ3n) is 4.03. The lowest BCUT2D eigenvalue weighted by molar-refractivity contribution is 0.195. The standard InChI is InChI=1S/C20H17F2NO4S/c1-13(24)17-3-2-10-23-20(17)28(25,26)16-7-4-14(5-8-16)12-27-19-9-6-15(21)11-18(19)22/h2-11,13,24H,12H2,1H3. The molecule has 0 aliphatic rings. The fraction of sp³-hybridized carbons (Fsp3) is 0.150. The van der Waals surface area contributed by atoms with Crippen molar-refractivity contribution in [2.75, 3.05) is 0 Å². The number of sulfone groups is 1. The molecule has 0 radical (unpaired) electrons. The molecule has 5 nitrogen and oxygen atoms in total. The van der Waals surface area contributed by atoms with Crippen LogP contribution in [0.25, 0.3) is 0 Å². The van der Waals surface area contributed by atoms with Crippen LogP contribution in [0.3, 0.4) is 0 Å². The Kier molecular flexibility index (Phi) is 5.71. The fourth-order valence-electron chi connectivity index (χ4n) is 2.58. The summed E-state index contributed by atoms with van der Waals surface area (Å²) in [6.07, 6.45) is 0.356. The molecule has 8 heteroatoms. The topological polar surface area (TPSA) is 76.5 Å². The van der Waals surface area contributed by atoms with Crippen molar-refractivity contribution in [2.24, 2.45) is 0 Å². The molecule has 1 unspecified atom stereocenters. The van der Waals surface area contributed by atoms with E-state index >= 15 is 0 Å². The highest BCUT2D eigenvalue weighted by atomic mass is 32.2. The lowest BCUT2D eigenvalue weighted by atomic mass is 10.2. The lowest BCUT2D eigenvalue weighted by Gasteiger charge is -2.12. The summed E-state index contributed by atoms with van der Waals surface area (Å²) in [7, 11) is -3.92. The Morgan fingerprint density at radius 3 is 2.46 bits per heavy atom. The average Bonchev–Trinajstić information content (AvgIpc) is 2.67. The van der Waals surface area contributed by atoms with E-state index in [0.717, 1.165) is 12.1 Å². The van der Waals surface area contributed by atoms with E-state index in [0.29, 0.717) is 5.56 Å². The maximum absolute atomic E-state index is 13.6. The molecule has 0 fully saturated rings. The monoisotopic (exact) mass is 405 g/mol. The van der Waals surface area contributed by atoms with E-state index in [4.69, 9.17) is 4.74 Å². The van der Waals surface area contributed by atoms with Crippen molar-refractivity contribution < 1.29 is 27.0 Å². The predicted octanol–water partition coefficient (Wildman–Crippen LogP) is 3.82. The number of benzene rings is 2. The van der Waals surface area contributed by atoms with E-state index in [1.165, 1.54) is 49.5 Å². The highest BCUT2D eigenvalue weighted by molar-refractivity contribution is 7.91. The third kappa shape index (κ3) is 4.18. The van der Waals surface area contributed by atoms with E-state index in [-0.39, 0.29) is 27.8 Å². The second-order valence-corrected chi connectivity index (χ2v) is 7.95. The molecule has 3 rings (SSSR count). The van der Waals surface area contributed by atoms with Crippen LogP contribution < -0.4 is 4.74 Å². The van der Waals surface area contributed by atoms with Gasteiger partial charge in [-0.25, -0.2) is 22.2 Å². The number of aromatic nitrogens is 1. The highest BCUT2D eigenvalue weighted by Gasteiger charge is 2.24.